The number of carbonyl (C=O) groups is 1. The van der Waals surface area contributed by atoms with Gasteiger partial charge in [0, 0.05) is 27.6 Å². The highest BCUT2D eigenvalue weighted by atomic mass is 35.5. The molecule has 2 rings (SSSR count). The first kappa shape index (κ1) is 15.5. The molecule has 21 heavy (non-hydrogen) atoms. The summed E-state index contributed by atoms with van der Waals surface area (Å²) in [5.41, 5.74) is 3.34. The van der Waals surface area contributed by atoms with E-state index in [0.29, 0.717) is 5.02 Å². The number of pyridine rings is 1. The van der Waals surface area contributed by atoms with Gasteiger partial charge in [-0.05, 0) is 36.3 Å². The average Bonchev–Trinajstić information content (AvgIpc) is 2.39. The topological polar surface area (TPSA) is 50.2 Å². The van der Waals surface area contributed by atoms with Crippen molar-refractivity contribution in [1.82, 2.24) is 4.98 Å². The monoisotopic (exact) mass is 303 g/mol. The smallest absolute Gasteiger partial charge is 0.328 e. The fraction of sp³-hybridized carbons (Fsp3) is 0.294. The summed E-state index contributed by atoms with van der Waals surface area (Å²) in [6.45, 7) is 8.15. The maximum absolute atomic E-state index is 10.8. The second-order valence-corrected chi connectivity index (χ2v) is 6.49. The summed E-state index contributed by atoms with van der Waals surface area (Å²) in [6, 6.07) is 5.64. The van der Waals surface area contributed by atoms with E-state index in [4.69, 9.17) is 21.7 Å². The van der Waals surface area contributed by atoms with E-state index in [9.17, 15) is 4.79 Å². The van der Waals surface area contributed by atoms with Crippen molar-refractivity contribution in [2.75, 3.05) is 0 Å². The van der Waals surface area contributed by atoms with Crippen molar-refractivity contribution in [3.05, 3.63) is 46.1 Å². The quantitative estimate of drug-likeness (QED) is 0.825. The molecule has 0 saturated heterocycles. The van der Waals surface area contributed by atoms with Crippen molar-refractivity contribution in [2.45, 2.75) is 33.1 Å². The molecule has 0 spiro atoms. The standard InChI is InChI=1S/C17H18ClNO2/c1-10-13(18)7-6-12-11(5-8-15(20)21)9-14(17(2,3)4)19-16(10)12/h5-9H,1-4H3,(H,20,21)/b8-5+. The molecule has 3 nitrogen and oxygen atoms in total. The van der Waals surface area contributed by atoms with Gasteiger partial charge in [-0.3, -0.25) is 4.98 Å². The van der Waals surface area contributed by atoms with Crippen molar-refractivity contribution in [1.29, 1.82) is 0 Å². The van der Waals surface area contributed by atoms with Gasteiger partial charge in [-0.15, -0.1) is 0 Å². The molecule has 2 aromatic rings. The molecule has 0 atom stereocenters. The second-order valence-electron chi connectivity index (χ2n) is 6.09. The minimum Gasteiger partial charge on any atom is -0.478 e. The first-order valence-electron chi connectivity index (χ1n) is 6.71. The Morgan fingerprint density at radius 2 is 2.00 bits per heavy atom. The summed E-state index contributed by atoms with van der Waals surface area (Å²) in [6.07, 6.45) is 2.75. The SMILES string of the molecule is Cc1c(Cl)ccc2c(/C=C/C(=O)O)cc(C(C)(C)C)nc12. The number of rotatable bonds is 2. The molecule has 0 bridgehead atoms. The highest BCUT2D eigenvalue weighted by molar-refractivity contribution is 6.32. The first-order valence-corrected chi connectivity index (χ1v) is 7.09. The Kier molecular flexibility index (Phi) is 4.06. The number of aromatic nitrogens is 1. The van der Waals surface area contributed by atoms with E-state index in [2.05, 4.69) is 20.8 Å². The van der Waals surface area contributed by atoms with Crippen LogP contribution in [0.5, 0.6) is 0 Å². The maximum atomic E-state index is 10.8. The van der Waals surface area contributed by atoms with E-state index < -0.39 is 5.97 Å². The molecule has 0 aliphatic rings. The third kappa shape index (κ3) is 3.24. The Morgan fingerprint density at radius 3 is 2.57 bits per heavy atom. The Balaban J connectivity index is 2.81. The van der Waals surface area contributed by atoms with Gasteiger partial charge in [0.05, 0.1) is 5.52 Å². The third-order valence-corrected chi connectivity index (χ3v) is 3.78. The average molecular weight is 304 g/mol. The number of halogens is 1. The van der Waals surface area contributed by atoms with Crippen molar-refractivity contribution in [3.8, 4) is 0 Å². The zero-order chi connectivity index (χ0) is 15.8. The number of aryl methyl sites for hydroxylation is 1. The predicted molar refractivity (Wildman–Crippen MR) is 86.9 cm³/mol. The molecule has 0 unspecified atom stereocenters. The molecule has 1 heterocycles. The number of benzene rings is 1. The summed E-state index contributed by atoms with van der Waals surface area (Å²) in [7, 11) is 0. The predicted octanol–water partition coefficient (Wildman–Crippen LogP) is 4.59. The number of hydrogen-bond donors (Lipinski definition) is 1. The summed E-state index contributed by atoms with van der Waals surface area (Å²) in [4.78, 5) is 15.5. The van der Waals surface area contributed by atoms with Gasteiger partial charge in [0.2, 0.25) is 0 Å². The minimum absolute atomic E-state index is 0.130. The van der Waals surface area contributed by atoms with Crippen LogP contribution in [0.4, 0.5) is 0 Å². The Morgan fingerprint density at radius 1 is 1.33 bits per heavy atom. The van der Waals surface area contributed by atoms with Gasteiger partial charge < -0.3 is 5.11 Å². The zero-order valence-electron chi connectivity index (χ0n) is 12.6. The minimum atomic E-state index is -0.969. The third-order valence-electron chi connectivity index (χ3n) is 3.37. The molecule has 0 amide bonds. The van der Waals surface area contributed by atoms with Gasteiger partial charge in [-0.1, -0.05) is 38.4 Å². The highest BCUT2D eigenvalue weighted by Gasteiger charge is 2.18. The summed E-state index contributed by atoms with van der Waals surface area (Å²) < 4.78 is 0. The first-order chi connectivity index (χ1) is 9.70. The van der Waals surface area contributed by atoms with Crippen LogP contribution < -0.4 is 0 Å². The van der Waals surface area contributed by atoms with Crippen LogP contribution in [0.2, 0.25) is 5.02 Å². The lowest BCUT2D eigenvalue weighted by atomic mass is 9.89. The molecule has 0 radical (unpaired) electrons. The van der Waals surface area contributed by atoms with Crippen LogP contribution in [0.25, 0.3) is 17.0 Å². The fourth-order valence-electron chi connectivity index (χ4n) is 2.11. The van der Waals surface area contributed by atoms with Crippen LogP contribution in [-0.2, 0) is 10.2 Å². The van der Waals surface area contributed by atoms with Gasteiger partial charge in [0.15, 0.2) is 0 Å². The molecule has 0 aliphatic heterocycles. The van der Waals surface area contributed by atoms with Gasteiger partial charge >= 0.3 is 5.97 Å². The number of fused-ring (bicyclic) bond motifs is 1. The van der Waals surface area contributed by atoms with Crippen molar-refractivity contribution in [3.63, 3.8) is 0 Å². The van der Waals surface area contributed by atoms with Crippen LogP contribution in [0.1, 0.15) is 37.6 Å². The van der Waals surface area contributed by atoms with E-state index in [-0.39, 0.29) is 5.41 Å². The molecule has 0 fully saturated rings. The Labute approximate surface area is 129 Å². The lowest BCUT2D eigenvalue weighted by Gasteiger charge is -2.20. The van der Waals surface area contributed by atoms with Crippen LogP contribution in [0.3, 0.4) is 0 Å². The van der Waals surface area contributed by atoms with Crippen LogP contribution in [0, 0.1) is 6.92 Å². The molecule has 110 valence electrons. The highest BCUT2D eigenvalue weighted by Crippen LogP contribution is 2.31. The number of carboxylic acids is 1. The lowest BCUT2D eigenvalue weighted by molar-refractivity contribution is -0.131. The summed E-state index contributed by atoms with van der Waals surface area (Å²) >= 11 is 6.18. The second kappa shape index (κ2) is 5.49. The lowest BCUT2D eigenvalue weighted by Crippen LogP contribution is -2.14. The normalized spacial score (nSPS) is 12.2. The van der Waals surface area contributed by atoms with E-state index in [1.807, 2.05) is 25.1 Å². The van der Waals surface area contributed by atoms with Gasteiger partial charge in [-0.25, -0.2) is 4.79 Å². The number of nitrogens with zero attached hydrogens (tertiary/aromatic N) is 1. The van der Waals surface area contributed by atoms with Crippen LogP contribution in [-0.4, -0.2) is 16.1 Å². The summed E-state index contributed by atoms with van der Waals surface area (Å²) in [5.74, 6) is -0.969. The Bertz CT molecular complexity index is 743. The Hall–Kier alpha value is -1.87. The molecule has 1 aromatic carbocycles. The largest absolute Gasteiger partial charge is 0.478 e. The van der Waals surface area contributed by atoms with Crippen molar-refractivity contribution < 1.29 is 9.90 Å². The molecule has 4 heteroatoms. The summed E-state index contributed by atoms with van der Waals surface area (Å²) in [5, 5.41) is 10.4. The maximum Gasteiger partial charge on any atom is 0.328 e. The number of carboxylic acid groups (broad SMARTS) is 1. The van der Waals surface area contributed by atoms with E-state index in [1.54, 1.807) is 6.08 Å². The number of hydrogen-bond acceptors (Lipinski definition) is 2. The van der Waals surface area contributed by atoms with E-state index >= 15 is 0 Å². The zero-order valence-corrected chi connectivity index (χ0v) is 13.3. The fourth-order valence-corrected chi connectivity index (χ4v) is 2.27. The van der Waals surface area contributed by atoms with Crippen LogP contribution in [0.15, 0.2) is 24.3 Å². The van der Waals surface area contributed by atoms with Gasteiger partial charge in [0.1, 0.15) is 0 Å². The van der Waals surface area contributed by atoms with Crippen molar-refractivity contribution in [2.24, 2.45) is 0 Å². The van der Waals surface area contributed by atoms with E-state index in [1.165, 1.54) is 0 Å². The van der Waals surface area contributed by atoms with Gasteiger partial charge in [-0.2, -0.15) is 0 Å². The molecule has 0 saturated carbocycles. The number of aliphatic carboxylic acids is 1. The molecule has 0 aliphatic carbocycles. The molecule has 1 aromatic heterocycles. The van der Waals surface area contributed by atoms with Crippen molar-refractivity contribution >= 4 is 34.5 Å². The molecular formula is C17H18ClNO2. The molecular weight excluding hydrogens is 286 g/mol. The molecule has 1 N–H and O–H groups in total. The van der Waals surface area contributed by atoms with E-state index in [0.717, 1.165) is 33.8 Å². The van der Waals surface area contributed by atoms with Crippen LogP contribution >= 0.6 is 11.6 Å². The van der Waals surface area contributed by atoms with Gasteiger partial charge in [0.25, 0.3) is 0 Å².